The van der Waals surface area contributed by atoms with Gasteiger partial charge in [-0.25, -0.2) is 9.78 Å². The molecule has 4 N–H and O–H groups in total. The van der Waals surface area contributed by atoms with E-state index in [0.29, 0.717) is 0 Å². The third kappa shape index (κ3) is 1.81. The fourth-order valence-electron chi connectivity index (χ4n) is 2.20. The van der Waals surface area contributed by atoms with Gasteiger partial charge in [0, 0.05) is 0 Å². The third-order valence-electron chi connectivity index (χ3n) is 3.19. The average molecular weight is 301 g/mol. The first-order chi connectivity index (χ1) is 9.54. The van der Waals surface area contributed by atoms with E-state index < -0.39 is 42.4 Å². The summed E-state index contributed by atoms with van der Waals surface area (Å²) in [4.78, 5) is 29.7. The van der Waals surface area contributed by atoms with Crippen LogP contribution in [0, 0.1) is 0 Å². The highest BCUT2D eigenvalue weighted by Crippen LogP contribution is 2.30. The van der Waals surface area contributed by atoms with Crippen molar-refractivity contribution >= 4 is 21.7 Å². The molecule has 0 aromatic carbocycles. The van der Waals surface area contributed by atoms with Crippen LogP contribution in [-0.2, 0) is 4.74 Å². The molecular weight excluding hydrogens is 290 g/mol. The summed E-state index contributed by atoms with van der Waals surface area (Å²) in [5.74, 6) is 0. The number of aromatic amines is 1. The molecule has 1 fully saturated rings. The second-order valence-electron chi connectivity index (χ2n) is 4.36. The molecule has 20 heavy (non-hydrogen) atoms. The van der Waals surface area contributed by atoms with Crippen LogP contribution in [-0.4, -0.2) is 54.8 Å². The number of thiazole rings is 1. The Morgan fingerprint density at radius 3 is 2.80 bits per heavy atom. The molecule has 0 amide bonds. The van der Waals surface area contributed by atoms with Crippen LogP contribution in [0.5, 0.6) is 0 Å². The van der Waals surface area contributed by atoms with Crippen molar-refractivity contribution in [2.45, 2.75) is 24.5 Å². The monoisotopic (exact) mass is 301 g/mol. The van der Waals surface area contributed by atoms with Crippen LogP contribution in [0.4, 0.5) is 0 Å². The summed E-state index contributed by atoms with van der Waals surface area (Å²) in [5.41, 5.74) is 0.0279. The Balaban J connectivity index is 2.18. The molecule has 1 saturated heterocycles. The average Bonchev–Trinajstić information content (AvgIpc) is 2.99. The van der Waals surface area contributed by atoms with Crippen molar-refractivity contribution in [1.29, 1.82) is 0 Å². The first-order valence-electron chi connectivity index (χ1n) is 5.75. The van der Waals surface area contributed by atoms with Gasteiger partial charge < -0.3 is 20.1 Å². The molecule has 2 aromatic rings. The van der Waals surface area contributed by atoms with Crippen LogP contribution in [0.25, 0.3) is 10.3 Å². The van der Waals surface area contributed by atoms with Crippen molar-refractivity contribution in [3.8, 4) is 0 Å². The molecule has 0 spiro atoms. The van der Waals surface area contributed by atoms with Gasteiger partial charge >= 0.3 is 5.69 Å². The van der Waals surface area contributed by atoms with E-state index in [9.17, 15) is 19.8 Å². The lowest BCUT2D eigenvalue weighted by molar-refractivity contribution is -0.0525. The van der Waals surface area contributed by atoms with Gasteiger partial charge in [0.15, 0.2) is 11.7 Å². The summed E-state index contributed by atoms with van der Waals surface area (Å²) in [7, 11) is 0. The highest BCUT2D eigenvalue weighted by atomic mass is 32.1. The highest BCUT2D eigenvalue weighted by Gasteiger charge is 2.44. The number of fused-ring (bicyclic) bond motifs is 1. The predicted octanol–water partition coefficient (Wildman–Crippen LogP) is -2.24. The maximum atomic E-state index is 11.9. The first kappa shape index (κ1) is 13.4. The molecule has 2 aromatic heterocycles. The first-order valence-corrected chi connectivity index (χ1v) is 6.63. The van der Waals surface area contributed by atoms with E-state index in [2.05, 4.69) is 9.97 Å². The normalized spacial score (nSPS) is 30.1. The number of hydrogen-bond acceptors (Lipinski definition) is 8. The van der Waals surface area contributed by atoms with E-state index in [-0.39, 0.29) is 10.3 Å². The predicted molar refractivity (Wildman–Crippen MR) is 67.5 cm³/mol. The number of hydrogen-bond donors (Lipinski definition) is 4. The second-order valence-corrected chi connectivity index (χ2v) is 5.20. The summed E-state index contributed by atoms with van der Waals surface area (Å²) in [6.07, 6.45) is -4.93. The Morgan fingerprint density at radius 2 is 2.15 bits per heavy atom. The SMILES string of the molecule is O=c1[nH]c(=O)n([C@@H]2O[C@H](CO)[C@@H](O)[C@H]2O)c2scnc12. The van der Waals surface area contributed by atoms with Crippen LogP contribution >= 0.6 is 11.3 Å². The summed E-state index contributed by atoms with van der Waals surface area (Å²) in [5, 5.41) is 28.7. The summed E-state index contributed by atoms with van der Waals surface area (Å²) in [6, 6.07) is 0. The smallest absolute Gasteiger partial charge is 0.331 e. The highest BCUT2D eigenvalue weighted by molar-refractivity contribution is 7.16. The van der Waals surface area contributed by atoms with Crippen molar-refractivity contribution in [3.05, 3.63) is 26.3 Å². The Labute approximate surface area is 114 Å². The quantitative estimate of drug-likeness (QED) is 0.492. The molecule has 1 aliphatic heterocycles. The largest absolute Gasteiger partial charge is 0.394 e. The maximum absolute atomic E-state index is 11.9. The minimum Gasteiger partial charge on any atom is -0.394 e. The number of nitrogens with zero attached hydrogens (tertiary/aromatic N) is 2. The molecule has 0 bridgehead atoms. The standard InChI is InChI=1S/C10H11N3O6S/c14-1-3-5(15)6(16)8(19-3)13-9-4(11-2-20-9)7(17)12-10(13)18/h2-3,5-6,8,14-16H,1H2,(H,12,17,18)/t3-,5-,6-,8-/m1/s1. The fourth-order valence-corrected chi connectivity index (χ4v) is 3.02. The van der Waals surface area contributed by atoms with E-state index >= 15 is 0 Å². The number of rotatable bonds is 2. The van der Waals surface area contributed by atoms with Gasteiger partial charge in [0.05, 0.1) is 12.1 Å². The van der Waals surface area contributed by atoms with Gasteiger partial charge in [0.25, 0.3) is 5.56 Å². The number of aliphatic hydroxyl groups excluding tert-OH is 3. The lowest BCUT2D eigenvalue weighted by Gasteiger charge is -2.17. The van der Waals surface area contributed by atoms with Crippen LogP contribution in [0.15, 0.2) is 15.1 Å². The van der Waals surface area contributed by atoms with Gasteiger partial charge in [0.1, 0.15) is 23.1 Å². The molecular formula is C10H11N3O6S. The zero-order valence-electron chi connectivity index (χ0n) is 9.96. The zero-order valence-corrected chi connectivity index (χ0v) is 10.8. The van der Waals surface area contributed by atoms with Crippen LogP contribution in [0.3, 0.4) is 0 Å². The van der Waals surface area contributed by atoms with Gasteiger partial charge in [-0.05, 0) is 0 Å². The summed E-state index contributed by atoms with van der Waals surface area (Å²) in [6.45, 7) is -0.501. The topological polar surface area (TPSA) is 138 Å². The van der Waals surface area contributed by atoms with Gasteiger partial charge in [-0.1, -0.05) is 0 Å². The number of aromatic nitrogens is 3. The number of H-pyrrole nitrogens is 1. The molecule has 4 atom stereocenters. The lowest BCUT2D eigenvalue weighted by Crippen LogP contribution is -2.38. The molecule has 1 aliphatic rings. The summed E-state index contributed by atoms with van der Waals surface area (Å²) >= 11 is 1.04. The van der Waals surface area contributed by atoms with Crippen molar-refractivity contribution in [1.82, 2.24) is 14.5 Å². The van der Waals surface area contributed by atoms with Gasteiger partial charge in [-0.2, -0.15) is 0 Å². The molecule has 9 nitrogen and oxygen atoms in total. The third-order valence-corrected chi connectivity index (χ3v) is 4.02. The molecule has 0 saturated carbocycles. The van der Waals surface area contributed by atoms with Crippen LogP contribution < -0.4 is 11.2 Å². The van der Waals surface area contributed by atoms with Crippen molar-refractivity contribution in [3.63, 3.8) is 0 Å². The van der Waals surface area contributed by atoms with Gasteiger partial charge in [-0.3, -0.25) is 14.3 Å². The van der Waals surface area contributed by atoms with Crippen LogP contribution in [0.1, 0.15) is 6.23 Å². The fraction of sp³-hybridized carbons (Fsp3) is 0.500. The van der Waals surface area contributed by atoms with Crippen molar-refractivity contribution in [2.75, 3.05) is 6.61 Å². The van der Waals surface area contributed by atoms with Crippen molar-refractivity contribution in [2.24, 2.45) is 0 Å². The van der Waals surface area contributed by atoms with Crippen molar-refractivity contribution < 1.29 is 20.1 Å². The molecule has 0 aliphatic carbocycles. The molecule has 108 valence electrons. The van der Waals surface area contributed by atoms with E-state index in [1.807, 2.05) is 0 Å². The maximum Gasteiger partial charge on any atom is 0.331 e. The van der Waals surface area contributed by atoms with Gasteiger partial charge in [0.2, 0.25) is 0 Å². The summed E-state index contributed by atoms with van der Waals surface area (Å²) < 4.78 is 6.31. The van der Waals surface area contributed by atoms with E-state index in [1.54, 1.807) is 0 Å². The lowest BCUT2D eigenvalue weighted by atomic mass is 10.1. The van der Waals surface area contributed by atoms with E-state index in [1.165, 1.54) is 5.51 Å². The molecule has 0 unspecified atom stereocenters. The second kappa shape index (κ2) is 4.75. The molecule has 10 heteroatoms. The number of ether oxygens (including phenoxy) is 1. The number of nitrogens with one attached hydrogen (secondary N) is 1. The Hall–Kier alpha value is -1.59. The minimum absolute atomic E-state index is 0.0485. The number of aliphatic hydroxyl groups is 3. The Kier molecular flexibility index (Phi) is 3.18. The Morgan fingerprint density at radius 1 is 1.40 bits per heavy atom. The zero-order chi connectivity index (χ0) is 14.4. The van der Waals surface area contributed by atoms with Gasteiger partial charge in [-0.15, -0.1) is 11.3 Å². The Bertz CT molecular complexity index is 751. The van der Waals surface area contributed by atoms with Crippen LogP contribution in [0.2, 0.25) is 0 Å². The molecule has 3 heterocycles. The molecule has 0 radical (unpaired) electrons. The van der Waals surface area contributed by atoms with E-state index in [4.69, 9.17) is 9.84 Å². The molecule has 3 rings (SSSR count). The minimum atomic E-state index is -1.40. The van der Waals surface area contributed by atoms with E-state index in [0.717, 1.165) is 15.9 Å².